The van der Waals surface area contributed by atoms with E-state index < -0.39 is 121 Å². The maximum atomic E-state index is 15.2. The van der Waals surface area contributed by atoms with Gasteiger partial charge in [-0.15, -0.1) is 0 Å². The van der Waals surface area contributed by atoms with E-state index in [0.29, 0.717) is 0 Å². The van der Waals surface area contributed by atoms with Gasteiger partial charge < -0.3 is 9.68 Å². The Morgan fingerprint density at radius 2 is 0.649 bits per heavy atom. The van der Waals surface area contributed by atoms with Crippen molar-refractivity contribution in [2.75, 3.05) is 0 Å². The zero-order valence-electron chi connectivity index (χ0n) is 16.7. The molecule has 0 aliphatic heterocycles. The Bertz CT molecular complexity index is 1640. The molecule has 17 heteroatoms. The zero-order chi connectivity index (χ0) is 27.8. The van der Waals surface area contributed by atoms with Crippen LogP contribution in [0.2, 0.25) is 0 Å². The molecular formula is C20HBF14O2. The second-order valence-corrected chi connectivity index (χ2v) is 7.11. The number of rotatable bonds is 3. The molecule has 0 bridgehead atoms. The quantitative estimate of drug-likeness (QED) is 0.117. The van der Waals surface area contributed by atoms with Crippen LogP contribution in [-0.4, -0.2) is 12.1 Å². The number of halogens is 14. The number of hydrogen-bond acceptors (Lipinski definition) is 2. The predicted molar refractivity (Wildman–Crippen MR) is 95.5 cm³/mol. The fourth-order valence-electron chi connectivity index (χ4n) is 3.50. The van der Waals surface area contributed by atoms with Crippen LogP contribution in [0.15, 0.2) is 0 Å². The van der Waals surface area contributed by atoms with Gasteiger partial charge in [0.1, 0.15) is 11.6 Å². The van der Waals surface area contributed by atoms with Crippen molar-refractivity contribution in [2.24, 2.45) is 0 Å². The third kappa shape index (κ3) is 3.47. The van der Waals surface area contributed by atoms with Crippen molar-refractivity contribution in [1.29, 1.82) is 0 Å². The average molecular weight is 550 g/mol. The van der Waals surface area contributed by atoms with E-state index in [2.05, 4.69) is 4.65 Å². The van der Waals surface area contributed by atoms with Crippen molar-refractivity contribution in [1.82, 2.24) is 0 Å². The maximum absolute atomic E-state index is 15.2. The molecule has 0 atom stereocenters. The van der Waals surface area contributed by atoms with Crippen LogP contribution in [0.1, 0.15) is 0 Å². The highest BCUT2D eigenvalue weighted by Gasteiger charge is 2.39. The molecular weight excluding hydrogens is 549 g/mol. The SMILES string of the molecule is OB(Oc1c(F)c(F)c(F)c(F)c1F)c1c(F)c(F)c(F)c2c(F)c3c(F)c(F)c(F)c(F)c3c(F)c12. The maximum Gasteiger partial charge on any atom is 0.564 e. The third-order valence-electron chi connectivity index (χ3n) is 5.15. The van der Waals surface area contributed by atoms with Gasteiger partial charge in [-0.2, -0.15) is 8.78 Å². The van der Waals surface area contributed by atoms with Gasteiger partial charge >= 0.3 is 7.12 Å². The molecule has 0 saturated heterocycles. The van der Waals surface area contributed by atoms with Crippen molar-refractivity contribution in [3.63, 3.8) is 0 Å². The highest BCUT2D eigenvalue weighted by atomic mass is 19.2. The molecule has 4 aromatic carbocycles. The summed E-state index contributed by atoms with van der Waals surface area (Å²) < 4.78 is 201. The zero-order valence-corrected chi connectivity index (χ0v) is 16.7. The van der Waals surface area contributed by atoms with Gasteiger partial charge in [0, 0.05) is 10.8 Å². The van der Waals surface area contributed by atoms with Crippen LogP contribution in [0.25, 0.3) is 21.5 Å². The van der Waals surface area contributed by atoms with E-state index in [4.69, 9.17) is 0 Å². The monoisotopic (exact) mass is 550 g/mol. The molecule has 0 unspecified atom stereocenters. The molecule has 0 aliphatic rings. The van der Waals surface area contributed by atoms with E-state index in [0.717, 1.165) is 0 Å². The van der Waals surface area contributed by atoms with Crippen LogP contribution in [-0.2, 0) is 0 Å². The van der Waals surface area contributed by atoms with E-state index >= 15 is 4.39 Å². The van der Waals surface area contributed by atoms with Crippen molar-refractivity contribution in [3.8, 4) is 5.75 Å². The molecule has 0 radical (unpaired) electrons. The molecule has 0 heterocycles. The lowest BCUT2D eigenvalue weighted by atomic mass is 9.74. The second-order valence-electron chi connectivity index (χ2n) is 7.11. The lowest BCUT2D eigenvalue weighted by Gasteiger charge is -2.18. The molecule has 4 rings (SSSR count). The van der Waals surface area contributed by atoms with Crippen molar-refractivity contribution in [2.45, 2.75) is 0 Å². The van der Waals surface area contributed by atoms with E-state index in [1.807, 2.05) is 0 Å². The number of fused-ring (bicyclic) bond motifs is 2. The summed E-state index contributed by atoms with van der Waals surface area (Å²) in [5.41, 5.74) is -2.18. The molecule has 4 aromatic rings. The topological polar surface area (TPSA) is 29.5 Å². The van der Waals surface area contributed by atoms with Crippen molar-refractivity contribution >= 4 is 34.1 Å². The number of hydrogen-bond donors (Lipinski definition) is 1. The van der Waals surface area contributed by atoms with Gasteiger partial charge in [0.2, 0.25) is 29.1 Å². The Morgan fingerprint density at radius 3 is 1.08 bits per heavy atom. The van der Waals surface area contributed by atoms with Gasteiger partial charge in [0.15, 0.2) is 46.5 Å². The Labute approximate surface area is 193 Å². The normalized spacial score (nSPS) is 11.6. The van der Waals surface area contributed by atoms with Crippen LogP contribution in [0.4, 0.5) is 61.5 Å². The third-order valence-corrected chi connectivity index (χ3v) is 5.15. The van der Waals surface area contributed by atoms with Crippen LogP contribution in [0.3, 0.4) is 0 Å². The first kappa shape index (κ1) is 26.3. The lowest BCUT2D eigenvalue weighted by Crippen LogP contribution is -2.41. The predicted octanol–water partition coefficient (Wildman–Crippen LogP) is 5.71. The fraction of sp³-hybridized carbons (Fsp3) is 0. The smallest absolute Gasteiger partial charge is 0.528 e. The molecule has 0 fully saturated rings. The summed E-state index contributed by atoms with van der Waals surface area (Å²) in [5.74, 6) is -40.2. The molecule has 0 aliphatic carbocycles. The minimum absolute atomic E-state index is 2.10. The second kappa shape index (κ2) is 8.67. The number of benzene rings is 4. The molecule has 0 amide bonds. The summed E-state index contributed by atoms with van der Waals surface area (Å²) in [5, 5.41) is 1.52. The van der Waals surface area contributed by atoms with Gasteiger partial charge in [0.25, 0.3) is 0 Å². The highest BCUT2D eigenvalue weighted by molar-refractivity contribution is 6.64. The average Bonchev–Trinajstić information content (AvgIpc) is 2.86. The molecule has 0 spiro atoms. The molecule has 37 heavy (non-hydrogen) atoms. The first-order valence-electron chi connectivity index (χ1n) is 9.13. The fourth-order valence-corrected chi connectivity index (χ4v) is 3.50. The molecule has 1 N–H and O–H groups in total. The van der Waals surface area contributed by atoms with E-state index in [1.165, 1.54) is 0 Å². The van der Waals surface area contributed by atoms with Crippen molar-refractivity contribution in [3.05, 3.63) is 81.4 Å². The van der Waals surface area contributed by atoms with Crippen LogP contribution in [0, 0.1) is 81.4 Å². The Balaban J connectivity index is 2.15. The molecule has 0 saturated carbocycles. The van der Waals surface area contributed by atoms with E-state index in [1.54, 1.807) is 0 Å². The summed E-state index contributed by atoms with van der Waals surface area (Å²) in [6, 6.07) is 0. The lowest BCUT2D eigenvalue weighted by molar-refractivity contribution is 0.332. The van der Waals surface area contributed by atoms with E-state index in [9.17, 15) is 62.1 Å². The summed E-state index contributed by atoms with van der Waals surface area (Å²) in [6.45, 7) is 0. The standard InChI is InChI=1S/C20HBF14O2/c22-6-1-2(7(23)4-3(6)9(25)13(29)14(30)10(4)26)8(24)12(28)11(27)5(1)21(36)37-20-18(34)16(32)15(31)17(33)19(20)35/h36H. The van der Waals surface area contributed by atoms with Gasteiger partial charge in [-0.3, -0.25) is 0 Å². The summed E-state index contributed by atoms with van der Waals surface area (Å²) in [7, 11) is -3.57. The van der Waals surface area contributed by atoms with Crippen LogP contribution >= 0.6 is 0 Å². The minimum Gasteiger partial charge on any atom is -0.528 e. The Morgan fingerprint density at radius 1 is 0.351 bits per heavy atom. The summed E-state index contributed by atoms with van der Waals surface area (Å²) >= 11 is 0. The first-order chi connectivity index (χ1) is 17.1. The Hall–Kier alpha value is -3.76. The molecule has 2 nitrogen and oxygen atoms in total. The summed E-state index contributed by atoms with van der Waals surface area (Å²) in [6.07, 6.45) is 0. The van der Waals surface area contributed by atoms with E-state index in [-0.39, 0.29) is 0 Å². The van der Waals surface area contributed by atoms with Gasteiger partial charge in [-0.05, 0) is 0 Å². The Kier molecular flexibility index (Phi) is 6.17. The van der Waals surface area contributed by atoms with Crippen LogP contribution in [0.5, 0.6) is 5.75 Å². The minimum atomic E-state index is -3.57. The van der Waals surface area contributed by atoms with Gasteiger partial charge in [-0.25, -0.2) is 52.7 Å². The van der Waals surface area contributed by atoms with Crippen LogP contribution < -0.4 is 10.1 Å². The van der Waals surface area contributed by atoms with Crippen molar-refractivity contribution < 1.29 is 71.1 Å². The molecule has 194 valence electrons. The highest BCUT2D eigenvalue weighted by Crippen LogP contribution is 2.38. The van der Waals surface area contributed by atoms with Gasteiger partial charge in [0.05, 0.1) is 16.2 Å². The summed E-state index contributed by atoms with van der Waals surface area (Å²) in [4.78, 5) is 0. The first-order valence-corrected chi connectivity index (χ1v) is 9.13. The molecule has 0 aromatic heterocycles. The van der Waals surface area contributed by atoms with Gasteiger partial charge in [-0.1, -0.05) is 0 Å². The largest absolute Gasteiger partial charge is 0.564 e.